The Labute approximate surface area is 238 Å². The van der Waals surface area contributed by atoms with Crippen molar-refractivity contribution in [3.8, 4) is 11.3 Å². The van der Waals surface area contributed by atoms with Gasteiger partial charge in [-0.05, 0) is 67.6 Å². The number of carbonyl (C=O) groups is 1. The first-order valence-electron chi connectivity index (χ1n) is 14.5. The average molecular weight is 551 g/mol. The lowest BCUT2D eigenvalue weighted by atomic mass is 9.99. The number of carbonyl (C=O) groups excluding carboxylic acids is 1. The van der Waals surface area contributed by atoms with E-state index in [1.54, 1.807) is 18.1 Å². The number of rotatable bonds is 5. The number of nitrogens with one attached hydrogen (secondary N) is 2. The van der Waals surface area contributed by atoms with Crippen molar-refractivity contribution in [2.24, 2.45) is 7.05 Å². The van der Waals surface area contributed by atoms with E-state index in [1.807, 2.05) is 24.3 Å². The van der Waals surface area contributed by atoms with Gasteiger partial charge in [-0.2, -0.15) is 0 Å². The van der Waals surface area contributed by atoms with E-state index < -0.39 is 0 Å². The molecule has 9 heteroatoms. The molecule has 1 amide bonds. The van der Waals surface area contributed by atoms with Gasteiger partial charge in [-0.3, -0.25) is 9.59 Å². The summed E-state index contributed by atoms with van der Waals surface area (Å²) in [6, 6.07) is 13.9. The molecule has 5 heterocycles. The zero-order valence-corrected chi connectivity index (χ0v) is 23.2. The van der Waals surface area contributed by atoms with Crippen LogP contribution in [0.15, 0.2) is 53.5 Å². The minimum absolute atomic E-state index is 0.0299. The van der Waals surface area contributed by atoms with Gasteiger partial charge in [0.1, 0.15) is 0 Å². The summed E-state index contributed by atoms with van der Waals surface area (Å²) < 4.78 is 3.84. The Balaban J connectivity index is 1.24. The van der Waals surface area contributed by atoms with E-state index in [1.165, 1.54) is 21.4 Å². The fraction of sp³-hybridized carbons (Fsp3) is 0.344. The molecule has 210 valence electrons. The number of fused-ring (bicyclic) bond motifs is 4. The van der Waals surface area contributed by atoms with Crippen LogP contribution in [0, 0.1) is 0 Å². The highest BCUT2D eigenvalue weighted by Crippen LogP contribution is 2.35. The van der Waals surface area contributed by atoms with Crippen LogP contribution in [0.4, 0.5) is 17.2 Å². The van der Waals surface area contributed by atoms with Crippen molar-refractivity contribution in [2.75, 3.05) is 23.3 Å². The first-order valence-corrected chi connectivity index (χ1v) is 14.5. The lowest BCUT2D eigenvalue weighted by Gasteiger charge is -2.30. The van der Waals surface area contributed by atoms with E-state index in [2.05, 4.69) is 33.4 Å². The Hall–Kier alpha value is -4.21. The van der Waals surface area contributed by atoms with Gasteiger partial charge in [0.2, 0.25) is 0 Å². The molecule has 4 aromatic rings. The Kier molecular flexibility index (Phi) is 6.48. The first kappa shape index (κ1) is 25.7. The summed E-state index contributed by atoms with van der Waals surface area (Å²) in [5.41, 5.74) is 8.76. The average Bonchev–Trinajstić information content (AvgIpc) is 3.39. The molecule has 2 aromatic carbocycles. The van der Waals surface area contributed by atoms with Gasteiger partial charge >= 0.3 is 0 Å². The van der Waals surface area contributed by atoms with Crippen LogP contribution in [0.2, 0.25) is 0 Å². The van der Waals surface area contributed by atoms with E-state index in [9.17, 15) is 14.7 Å². The number of hydrogen-bond acceptors (Lipinski definition) is 6. The fourth-order valence-electron chi connectivity index (χ4n) is 6.60. The number of benzene rings is 2. The zero-order valence-electron chi connectivity index (χ0n) is 23.2. The van der Waals surface area contributed by atoms with Gasteiger partial charge in [0.15, 0.2) is 5.82 Å². The number of aromatic nitrogens is 3. The van der Waals surface area contributed by atoms with Gasteiger partial charge in [-0.15, -0.1) is 0 Å². The maximum Gasteiger partial charge on any atom is 0.293 e. The summed E-state index contributed by atoms with van der Waals surface area (Å²) in [7, 11) is 1.70. The molecule has 0 unspecified atom stereocenters. The molecule has 0 fully saturated rings. The van der Waals surface area contributed by atoms with Gasteiger partial charge in [0, 0.05) is 67.5 Å². The second-order valence-corrected chi connectivity index (χ2v) is 11.2. The molecule has 9 nitrogen and oxygen atoms in total. The summed E-state index contributed by atoms with van der Waals surface area (Å²) in [5.74, 6) is 0.179. The summed E-state index contributed by atoms with van der Waals surface area (Å²) in [5, 5.41) is 17.2. The van der Waals surface area contributed by atoms with Crippen LogP contribution in [0.25, 0.3) is 11.3 Å². The lowest BCUT2D eigenvalue weighted by molar-refractivity contribution is 0.0979. The standard InChI is InChI=1S/C32H34N6O3/c1-36-18-27(35-30(32(36)41)34-22-9-8-20-10-12-33-17-21(20)15-22)24-6-4-7-28(26(24)19-39)38-14-11-29-25(31(38)40)16-23-5-2-3-13-37(23)29/h4,6-9,15-16,18,33,39H,2-3,5,10-14,17,19H2,1H3,(H,34,35). The summed E-state index contributed by atoms with van der Waals surface area (Å²) in [6.45, 7) is 3.03. The van der Waals surface area contributed by atoms with Crippen LogP contribution in [0.5, 0.6) is 0 Å². The molecule has 7 rings (SSSR count). The van der Waals surface area contributed by atoms with Crippen LogP contribution < -0.4 is 21.1 Å². The Morgan fingerprint density at radius 3 is 2.78 bits per heavy atom. The summed E-state index contributed by atoms with van der Waals surface area (Å²) in [6.07, 6.45) is 6.76. The highest BCUT2D eigenvalue weighted by atomic mass is 16.3. The minimum Gasteiger partial charge on any atom is -0.392 e. The van der Waals surface area contributed by atoms with Crippen LogP contribution in [-0.2, 0) is 46.0 Å². The van der Waals surface area contributed by atoms with Gasteiger partial charge in [-0.1, -0.05) is 18.2 Å². The van der Waals surface area contributed by atoms with Crippen molar-refractivity contribution >= 4 is 23.1 Å². The molecule has 0 saturated carbocycles. The van der Waals surface area contributed by atoms with Crippen LogP contribution in [0.1, 0.15) is 51.3 Å². The molecule has 0 saturated heterocycles. The number of aliphatic hydroxyl groups is 1. The monoisotopic (exact) mass is 550 g/mol. The molecule has 0 bridgehead atoms. The van der Waals surface area contributed by atoms with Crippen LogP contribution >= 0.6 is 0 Å². The summed E-state index contributed by atoms with van der Waals surface area (Å²) >= 11 is 0. The highest BCUT2D eigenvalue weighted by Gasteiger charge is 2.32. The maximum atomic E-state index is 13.8. The molecule has 0 spiro atoms. The van der Waals surface area contributed by atoms with E-state index >= 15 is 0 Å². The third kappa shape index (κ3) is 4.45. The summed E-state index contributed by atoms with van der Waals surface area (Å²) in [4.78, 5) is 33.4. The Morgan fingerprint density at radius 2 is 1.90 bits per heavy atom. The predicted molar refractivity (Wildman–Crippen MR) is 159 cm³/mol. The third-order valence-electron chi connectivity index (χ3n) is 8.71. The van der Waals surface area contributed by atoms with Gasteiger partial charge in [0.25, 0.3) is 11.5 Å². The molecule has 3 aliphatic heterocycles. The van der Waals surface area contributed by atoms with Crippen molar-refractivity contribution in [1.29, 1.82) is 0 Å². The lowest BCUT2D eigenvalue weighted by Crippen LogP contribution is -2.38. The van der Waals surface area contributed by atoms with E-state index in [0.29, 0.717) is 29.1 Å². The number of hydrogen-bond donors (Lipinski definition) is 3. The van der Waals surface area contributed by atoms with Crippen molar-refractivity contribution in [3.05, 3.63) is 92.7 Å². The second kappa shape index (κ2) is 10.3. The smallest absolute Gasteiger partial charge is 0.293 e. The first-order chi connectivity index (χ1) is 20.0. The molecule has 3 N–H and O–H groups in total. The largest absolute Gasteiger partial charge is 0.392 e. The maximum absolute atomic E-state index is 13.8. The Bertz CT molecular complexity index is 1740. The molecule has 0 aliphatic carbocycles. The molecule has 41 heavy (non-hydrogen) atoms. The molecule has 2 aromatic heterocycles. The quantitative estimate of drug-likeness (QED) is 0.350. The van der Waals surface area contributed by atoms with E-state index in [4.69, 9.17) is 4.98 Å². The number of amides is 1. The molecule has 0 radical (unpaired) electrons. The fourth-order valence-corrected chi connectivity index (χ4v) is 6.60. The predicted octanol–water partition coefficient (Wildman–Crippen LogP) is 3.67. The SMILES string of the molecule is Cn1cc(-c2cccc(N3CCc4c(cc5n4CCCC5)C3=O)c2CO)nc(Nc2ccc3c(c2)CNCC3)c1=O. The van der Waals surface area contributed by atoms with Gasteiger partial charge in [0.05, 0.1) is 23.6 Å². The molecule has 3 aliphatic rings. The van der Waals surface area contributed by atoms with Crippen LogP contribution in [0.3, 0.4) is 0 Å². The van der Waals surface area contributed by atoms with Crippen molar-refractivity contribution in [2.45, 2.75) is 51.8 Å². The topological polar surface area (TPSA) is 104 Å². The number of nitrogens with zero attached hydrogens (tertiary/aromatic N) is 4. The highest BCUT2D eigenvalue weighted by molar-refractivity contribution is 6.09. The van der Waals surface area contributed by atoms with Gasteiger partial charge < -0.3 is 29.8 Å². The number of aliphatic hydroxyl groups excluding tert-OH is 1. The van der Waals surface area contributed by atoms with Crippen LogP contribution in [-0.4, -0.2) is 38.2 Å². The van der Waals surface area contributed by atoms with Crippen molar-refractivity contribution in [3.63, 3.8) is 0 Å². The Morgan fingerprint density at radius 1 is 1.00 bits per heavy atom. The zero-order chi connectivity index (χ0) is 28.1. The molecule has 0 atom stereocenters. The van der Waals surface area contributed by atoms with Gasteiger partial charge in [-0.25, -0.2) is 4.98 Å². The normalized spacial score (nSPS) is 16.2. The van der Waals surface area contributed by atoms with E-state index in [-0.39, 0.29) is 23.9 Å². The number of anilines is 3. The third-order valence-corrected chi connectivity index (χ3v) is 8.71. The molecular formula is C32H34N6O3. The minimum atomic E-state index is -0.264. The molecular weight excluding hydrogens is 516 g/mol. The van der Waals surface area contributed by atoms with E-state index in [0.717, 1.165) is 68.7 Å². The van der Waals surface area contributed by atoms with Crippen molar-refractivity contribution < 1.29 is 9.90 Å². The number of aryl methyl sites for hydroxylation is 2. The van der Waals surface area contributed by atoms with Crippen molar-refractivity contribution in [1.82, 2.24) is 19.4 Å². The second-order valence-electron chi connectivity index (χ2n) is 11.2.